The van der Waals surface area contributed by atoms with Gasteiger partial charge in [-0.15, -0.1) is 10.2 Å². The van der Waals surface area contributed by atoms with Gasteiger partial charge in [0.1, 0.15) is 0 Å². The van der Waals surface area contributed by atoms with E-state index in [-0.39, 0.29) is 11.6 Å². The SMILES string of the molecule is COc1cc(-c2nn[nH]n2)cc([N+](=O)[O-])c1O. The topological polar surface area (TPSA) is 127 Å². The number of phenolic OH excluding ortho intramolecular Hbond substituents is 1. The molecule has 1 heterocycles. The van der Waals surface area contributed by atoms with Crippen LogP contribution in [-0.4, -0.2) is 37.8 Å². The Balaban J connectivity index is 2.63. The number of hydrogen-bond donors (Lipinski definition) is 2. The van der Waals surface area contributed by atoms with Crippen molar-refractivity contribution in [3.63, 3.8) is 0 Å². The summed E-state index contributed by atoms with van der Waals surface area (Å²) in [7, 11) is 1.29. The molecule has 0 fully saturated rings. The molecule has 0 atom stereocenters. The van der Waals surface area contributed by atoms with Gasteiger partial charge in [-0.1, -0.05) is 0 Å². The molecule has 17 heavy (non-hydrogen) atoms. The van der Waals surface area contributed by atoms with Crippen LogP contribution < -0.4 is 4.74 Å². The molecule has 1 aromatic heterocycles. The largest absolute Gasteiger partial charge is 0.500 e. The lowest BCUT2D eigenvalue weighted by Gasteiger charge is -2.05. The molecule has 0 radical (unpaired) electrons. The van der Waals surface area contributed by atoms with E-state index < -0.39 is 16.4 Å². The monoisotopic (exact) mass is 237 g/mol. The molecule has 1 aromatic carbocycles. The summed E-state index contributed by atoms with van der Waals surface area (Å²) in [6.07, 6.45) is 0. The Morgan fingerprint density at radius 3 is 2.82 bits per heavy atom. The van der Waals surface area contributed by atoms with Crippen molar-refractivity contribution in [3.05, 3.63) is 22.2 Å². The van der Waals surface area contributed by atoms with E-state index in [1.54, 1.807) is 0 Å². The number of nitro benzene ring substituents is 1. The van der Waals surface area contributed by atoms with Gasteiger partial charge in [-0.25, -0.2) is 0 Å². The second-order valence-electron chi connectivity index (χ2n) is 3.04. The Labute approximate surface area is 94.2 Å². The van der Waals surface area contributed by atoms with Gasteiger partial charge in [-0.3, -0.25) is 10.1 Å². The Hall–Kier alpha value is -2.71. The van der Waals surface area contributed by atoms with Crippen molar-refractivity contribution in [3.8, 4) is 22.9 Å². The molecule has 2 N–H and O–H groups in total. The quantitative estimate of drug-likeness (QED) is 0.587. The molecule has 0 unspecified atom stereocenters. The van der Waals surface area contributed by atoms with E-state index in [0.717, 1.165) is 6.07 Å². The van der Waals surface area contributed by atoms with Crippen LogP contribution in [0.4, 0.5) is 5.69 Å². The number of rotatable bonds is 3. The zero-order valence-corrected chi connectivity index (χ0v) is 8.62. The number of aromatic hydroxyl groups is 1. The van der Waals surface area contributed by atoms with Crippen molar-refractivity contribution in [1.29, 1.82) is 0 Å². The summed E-state index contributed by atoms with van der Waals surface area (Å²) < 4.78 is 4.83. The molecule has 2 rings (SSSR count). The van der Waals surface area contributed by atoms with Crippen molar-refractivity contribution in [2.75, 3.05) is 7.11 Å². The molecule has 2 aromatic rings. The number of hydrogen-bond acceptors (Lipinski definition) is 7. The molecule has 0 aliphatic heterocycles. The number of nitrogens with one attached hydrogen (secondary N) is 1. The van der Waals surface area contributed by atoms with E-state index in [1.807, 2.05) is 0 Å². The summed E-state index contributed by atoms with van der Waals surface area (Å²) in [5.41, 5.74) is -0.163. The third-order valence-corrected chi connectivity index (χ3v) is 2.07. The lowest BCUT2D eigenvalue weighted by Crippen LogP contribution is -1.94. The first-order valence-electron chi connectivity index (χ1n) is 4.42. The van der Waals surface area contributed by atoms with Gasteiger partial charge in [0.25, 0.3) is 0 Å². The molecule has 0 saturated heterocycles. The fourth-order valence-corrected chi connectivity index (χ4v) is 1.30. The fraction of sp³-hybridized carbons (Fsp3) is 0.125. The molecule has 0 saturated carbocycles. The van der Waals surface area contributed by atoms with Gasteiger partial charge in [0.05, 0.1) is 12.0 Å². The van der Waals surface area contributed by atoms with Crippen molar-refractivity contribution >= 4 is 5.69 Å². The zero-order valence-electron chi connectivity index (χ0n) is 8.62. The molecule has 0 bridgehead atoms. The summed E-state index contributed by atoms with van der Waals surface area (Å²) in [4.78, 5) is 10.0. The predicted molar refractivity (Wildman–Crippen MR) is 54.5 cm³/mol. The number of phenols is 1. The molecular formula is C8H7N5O4. The molecule has 0 spiro atoms. The van der Waals surface area contributed by atoms with Crippen LogP contribution in [0.1, 0.15) is 0 Å². The van der Waals surface area contributed by atoms with Crippen LogP contribution in [0, 0.1) is 10.1 Å². The van der Waals surface area contributed by atoms with Crippen LogP contribution in [0.3, 0.4) is 0 Å². The van der Waals surface area contributed by atoms with Gasteiger partial charge in [0.15, 0.2) is 5.75 Å². The third-order valence-electron chi connectivity index (χ3n) is 2.07. The van der Waals surface area contributed by atoms with Gasteiger partial charge in [0.2, 0.25) is 11.6 Å². The van der Waals surface area contributed by atoms with Crippen LogP contribution in [-0.2, 0) is 0 Å². The van der Waals surface area contributed by atoms with Gasteiger partial charge in [-0.05, 0) is 11.3 Å². The fourth-order valence-electron chi connectivity index (χ4n) is 1.30. The lowest BCUT2D eigenvalue weighted by molar-refractivity contribution is -0.385. The van der Waals surface area contributed by atoms with Crippen molar-refractivity contribution in [2.45, 2.75) is 0 Å². The maximum absolute atomic E-state index is 10.7. The van der Waals surface area contributed by atoms with Gasteiger partial charge in [0, 0.05) is 11.6 Å². The van der Waals surface area contributed by atoms with Gasteiger partial charge in [-0.2, -0.15) is 5.21 Å². The minimum Gasteiger partial charge on any atom is -0.500 e. The average Bonchev–Trinajstić information content (AvgIpc) is 2.82. The van der Waals surface area contributed by atoms with Crippen LogP contribution in [0.2, 0.25) is 0 Å². The smallest absolute Gasteiger partial charge is 0.315 e. The molecule has 9 heteroatoms. The first kappa shape index (κ1) is 10.8. The average molecular weight is 237 g/mol. The molecule has 0 amide bonds. The van der Waals surface area contributed by atoms with E-state index in [2.05, 4.69) is 20.6 Å². The van der Waals surface area contributed by atoms with Crippen molar-refractivity contribution < 1.29 is 14.8 Å². The maximum Gasteiger partial charge on any atom is 0.315 e. The first-order valence-corrected chi connectivity index (χ1v) is 4.42. The number of tetrazole rings is 1. The standard InChI is InChI=1S/C8H7N5O4/c1-17-6-3-4(8-9-11-12-10-8)2-5(7(6)14)13(15)16/h2-3,14H,1H3,(H,9,10,11,12). The van der Waals surface area contributed by atoms with Crippen LogP contribution in [0.25, 0.3) is 11.4 Å². The highest BCUT2D eigenvalue weighted by Gasteiger charge is 2.21. The van der Waals surface area contributed by atoms with E-state index >= 15 is 0 Å². The van der Waals surface area contributed by atoms with Crippen molar-refractivity contribution in [1.82, 2.24) is 20.6 Å². The summed E-state index contributed by atoms with van der Waals surface area (Å²) in [6, 6.07) is 2.52. The number of benzene rings is 1. The lowest BCUT2D eigenvalue weighted by atomic mass is 10.1. The summed E-state index contributed by atoms with van der Waals surface area (Å²) >= 11 is 0. The first-order chi connectivity index (χ1) is 8.13. The normalized spacial score (nSPS) is 10.2. The van der Waals surface area contributed by atoms with Crippen LogP contribution >= 0.6 is 0 Å². The van der Waals surface area contributed by atoms with Gasteiger partial charge >= 0.3 is 5.69 Å². The molecular weight excluding hydrogens is 230 g/mol. The van der Waals surface area contributed by atoms with E-state index in [4.69, 9.17) is 4.74 Å². The Kier molecular flexibility index (Phi) is 2.57. The van der Waals surface area contributed by atoms with Crippen LogP contribution in [0.5, 0.6) is 11.5 Å². The van der Waals surface area contributed by atoms with E-state index in [1.165, 1.54) is 13.2 Å². The number of methoxy groups -OCH3 is 1. The van der Waals surface area contributed by atoms with Gasteiger partial charge < -0.3 is 9.84 Å². The Bertz CT molecular complexity index is 553. The minimum atomic E-state index is -0.721. The molecule has 0 aliphatic carbocycles. The maximum atomic E-state index is 10.7. The second-order valence-corrected chi connectivity index (χ2v) is 3.04. The highest BCUT2D eigenvalue weighted by Crippen LogP contribution is 2.38. The Morgan fingerprint density at radius 2 is 2.29 bits per heavy atom. The molecule has 88 valence electrons. The molecule has 9 nitrogen and oxygen atoms in total. The summed E-state index contributed by atoms with van der Waals surface area (Å²) in [5.74, 6) is -0.393. The number of aromatic amines is 1. The zero-order chi connectivity index (χ0) is 12.4. The van der Waals surface area contributed by atoms with Crippen molar-refractivity contribution in [2.24, 2.45) is 0 Å². The Morgan fingerprint density at radius 1 is 1.53 bits per heavy atom. The summed E-state index contributed by atoms with van der Waals surface area (Å²) in [5, 5.41) is 33.2. The minimum absolute atomic E-state index is 0.0287. The number of H-pyrrole nitrogens is 1. The molecule has 0 aliphatic rings. The third kappa shape index (κ3) is 1.85. The van der Waals surface area contributed by atoms with Crippen LogP contribution in [0.15, 0.2) is 12.1 Å². The predicted octanol–water partition coefficient (Wildman–Crippen LogP) is 0.489. The van der Waals surface area contributed by atoms with E-state index in [0.29, 0.717) is 5.56 Å². The number of aromatic nitrogens is 4. The van der Waals surface area contributed by atoms with E-state index in [9.17, 15) is 15.2 Å². The highest BCUT2D eigenvalue weighted by atomic mass is 16.6. The highest BCUT2D eigenvalue weighted by molar-refractivity contribution is 5.68. The number of nitro groups is 1. The number of ether oxygens (including phenoxy) is 1. The number of nitrogens with zero attached hydrogens (tertiary/aromatic N) is 4. The summed E-state index contributed by atoms with van der Waals surface area (Å²) in [6.45, 7) is 0. The second kappa shape index (κ2) is 4.04.